The molecule has 1 aliphatic rings. The van der Waals surface area contributed by atoms with Crippen molar-refractivity contribution in [2.75, 3.05) is 0 Å². The smallest absolute Gasteiger partial charge is 0.858 e. The molecule has 0 amide bonds. The topological polar surface area (TPSA) is 73.2 Å². The third-order valence-electron chi connectivity index (χ3n) is 2.80. The maximum atomic E-state index is 10.2. The maximum Gasteiger partial charge on any atom is 2.00 e. The standard InChI is InChI=1S/C9H13BN2O3.Mn/c13-10(14)15-12-7-6-9(11-12)8-4-2-1-3-5-8;/h6-8H,1-5H2;/q-2;+2. The van der Waals surface area contributed by atoms with Gasteiger partial charge in [0.05, 0.1) is 11.9 Å². The van der Waals surface area contributed by atoms with Crippen molar-refractivity contribution < 1.29 is 31.9 Å². The van der Waals surface area contributed by atoms with Crippen LogP contribution in [0.5, 0.6) is 0 Å². The summed E-state index contributed by atoms with van der Waals surface area (Å²) in [6.07, 6.45) is 7.53. The van der Waals surface area contributed by atoms with Gasteiger partial charge in [0, 0.05) is 5.92 Å². The Kier molecular flexibility index (Phi) is 5.35. The van der Waals surface area contributed by atoms with E-state index in [2.05, 4.69) is 9.85 Å². The van der Waals surface area contributed by atoms with E-state index in [1.807, 2.05) is 6.07 Å². The zero-order chi connectivity index (χ0) is 10.7. The van der Waals surface area contributed by atoms with Crippen LogP contribution in [0.3, 0.4) is 0 Å². The molecule has 5 nitrogen and oxygen atoms in total. The van der Waals surface area contributed by atoms with Gasteiger partial charge in [-0.25, -0.2) is 0 Å². The van der Waals surface area contributed by atoms with E-state index in [4.69, 9.17) is 0 Å². The molecule has 16 heavy (non-hydrogen) atoms. The first-order valence-corrected chi connectivity index (χ1v) is 5.30. The van der Waals surface area contributed by atoms with Crippen LogP contribution >= 0.6 is 0 Å². The molecule has 1 saturated carbocycles. The Bertz CT molecular complexity index is 315. The van der Waals surface area contributed by atoms with Gasteiger partial charge in [-0.2, -0.15) is 0 Å². The molecule has 1 heterocycles. The van der Waals surface area contributed by atoms with Gasteiger partial charge < -0.3 is 14.8 Å². The van der Waals surface area contributed by atoms with Gasteiger partial charge in [-0.15, -0.1) is 9.94 Å². The summed E-state index contributed by atoms with van der Waals surface area (Å²) in [5.41, 5.74) is 0.926. The molecule has 1 aromatic rings. The van der Waals surface area contributed by atoms with Crippen molar-refractivity contribution in [3.05, 3.63) is 18.0 Å². The second-order valence-corrected chi connectivity index (χ2v) is 3.87. The van der Waals surface area contributed by atoms with Crippen LogP contribution in [0.2, 0.25) is 0 Å². The fraction of sp³-hybridized carbons (Fsp3) is 0.667. The summed E-state index contributed by atoms with van der Waals surface area (Å²) >= 11 is 0. The molecule has 2 rings (SSSR count). The van der Waals surface area contributed by atoms with Gasteiger partial charge in [-0.3, -0.25) is 0 Å². The number of hydrogen-bond donors (Lipinski definition) is 0. The van der Waals surface area contributed by atoms with E-state index in [-0.39, 0.29) is 17.1 Å². The van der Waals surface area contributed by atoms with E-state index >= 15 is 0 Å². The summed E-state index contributed by atoms with van der Waals surface area (Å²) in [4.78, 5) is 0.981. The Morgan fingerprint density at radius 3 is 2.62 bits per heavy atom. The Balaban J connectivity index is 0.00000128. The molecule has 1 aromatic heterocycles. The molecule has 0 saturated heterocycles. The predicted octanol–water partition coefficient (Wildman–Crippen LogP) is -0.938. The molecule has 0 bridgehead atoms. The third kappa shape index (κ3) is 3.52. The van der Waals surface area contributed by atoms with Gasteiger partial charge in [0.15, 0.2) is 7.32 Å². The quantitative estimate of drug-likeness (QED) is 0.660. The zero-order valence-electron chi connectivity index (χ0n) is 8.84. The first-order chi connectivity index (χ1) is 7.25. The fourth-order valence-electron chi connectivity index (χ4n) is 2.08. The molecular weight excluding hydrogens is 250 g/mol. The van der Waals surface area contributed by atoms with Crippen LogP contribution in [0.4, 0.5) is 0 Å². The second-order valence-electron chi connectivity index (χ2n) is 3.87. The summed E-state index contributed by atoms with van der Waals surface area (Å²) in [6.45, 7) is 0. The van der Waals surface area contributed by atoms with Crippen LogP contribution in [0.25, 0.3) is 0 Å². The number of rotatable bonds is 3. The average molecular weight is 263 g/mol. The summed E-state index contributed by atoms with van der Waals surface area (Å²) < 4.78 is 4.38. The largest absolute Gasteiger partial charge is 2.00 e. The van der Waals surface area contributed by atoms with Crippen molar-refractivity contribution in [1.82, 2.24) is 9.94 Å². The molecule has 87 valence electrons. The molecule has 0 aliphatic heterocycles. The van der Waals surface area contributed by atoms with Gasteiger partial charge in [-0.05, 0) is 18.9 Å². The van der Waals surface area contributed by atoms with Crippen LogP contribution in [0.15, 0.2) is 12.3 Å². The summed E-state index contributed by atoms with van der Waals surface area (Å²) in [6, 6.07) is 1.82. The van der Waals surface area contributed by atoms with E-state index in [1.54, 1.807) is 0 Å². The van der Waals surface area contributed by atoms with E-state index in [1.165, 1.54) is 25.5 Å². The van der Waals surface area contributed by atoms with E-state index in [9.17, 15) is 10.0 Å². The molecule has 1 fully saturated rings. The van der Waals surface area contributed by atoms with Crippen LogP contribution < -0.4 is 14.8 Å². The maximum absolute atomic E-state index is 10.2. The van der Waals surface area contributed by atoms with Gasteiger partial charge in [0.25, 0.3) is 0 Å². The summed E-state index contributed by atoms with van der Waals surface area (Å²) in [7, 11) is -2.32. The minimum Gasteiger partial charge on any atom is -0.858 e. The van der Waals surface area contributed by atoms with Crippen molar-refractivity contribution in [2.45, 2.75) is 38.0 Å². The fourth-order valence-corrected chi connectivity index (χ4v) is 2.08. The summed E-state index contributed by atoms with van der Waals surface area (Å²) in [5.74, 6) is 0.459. The normalized spacial score (nSPS) is 16.6. The van der Waals surface area contributed by atoms with Crippen molar-refractivity contribution in [3.8, 4) is 0 Å². The first kappa shape index (κ1) is 13.6. The first-order valence-electron chi connectivity index (χ1n) is 5.30. The van der Waals surface area contributed by atoms with Crippen molar-refractivity contribution >= 4 is 7.32 Å². The molecular formula is C9H13BMnN2O3. The van der Waals surface area contributed by atoms with Gasteiger partial charge >= 0.3 is 17.1 Å². The van der Waals surface area contributed by atoms with Crippen LogP contribution in [0.1, 0.15) is 43.7 Å². The Morgan fingerprint density at radius 1 is 1.31 bits per heavy atom. The Labute approximate surface area is 105 Å². The second kappa shape index (κ2) is 6.30. The molecule has 1 aliphatic carbocycles. The van der Waals surface area contributed by atoms with Crippen molar-refractivity contribution in [2.24, 2.45) is 0 Å². The molecule has 0 N–H and O–H groups in total. The average Bonchev–Trinajstić information content (AvgIpc) is 2.67. The minimum absolute atomic E-state index is 0. The molecule has 0 spiro atoms. The molecule has 0 atom stereocenters. The Hall–Kier alpha value is -0.486. The number of nitrogens with zero attached hydrogens (tertiary/aromatic N) is 2. The van der Waals surface area contributed by atoms with E-state index in [0.29, 0.717) is 5.92 Å². The van der Waals surface area contributed by atoms with Gasteiger partial charge in [0.1, 0.15) is 0 Å². The number of aromatic nitrogens is 2. The third-order valence-corrected chi connectivity index (χ3v) is 2.80. The number of hydrogen-bond acceptors (Lipinski definition) is 4. The van der Waals surface area contributed by atoms with Crippen LogP contribution in [0, 0.1) is 0 Å². The predicted molar refractivity (Wildman–Crippen MR) is 50.4 cm³/mol. The molecule has 0 unspecified atom stereocenters. The van der Waals surface area contributed by atoms with E-state index in [0.717, 1.165) is 23.4 Å². The SMILES string of the molecule is [Mn+2].[O-]B([O-])On1ccc(C2CCCCC2)n1. The molecule has 1 radical (unpaired) electrons. The van der Waals surface area contributed by atoms with Crippen LogP contribution in [-0.4, -0.2) is 17.3 Å². The van der Waals surface area contributed by atoms with E-state index < -0.39 is 7.32 Å². The van der Waals surface area contributed by atoms with Gasteiger partial charge in [0.2, 0.25) is 0 Å². The zero-order valence-corrected chi connectivity index (χ0v) is 10.0. The van der Waals surface area contributed by atoms with Crippen LogP contribution in [-0.2, 0) is 17.1 Å². The molecule has 7 heteroatoms. The Morgan fingerprint density at radius 2 is 2.00 bits per heavy atom. The monoisotopic (exact) mass is 263 g/mol. The van der Waals surface area contributed by atoms with Gasteiger partial charge in [-0.1, -0.05) is 19.3 Å². The summed E-state index contributed by atoms with van der Waals surface area (Å²) in [5, 5.41) is 24.6. The van der Waals surface area contributed by atoms with Crippen molar-refractivity contribution in [3.63, 3.8) is 0 Å². The molecule has 0 aromatic carbocycles. The van der Waals surface area contributed by atoms with Crippen molar-refractivity contribution in [1.29, 1.82) is 0 Å². The minimum atomic E-state index is -2.32.